The lowest BCUT2D eigenvalue weighted by atomic mass is 9.46. The van der Waals surface area contributed by atoms with Gasteiger partial charge in [-0.1, -0.05) is 49.4 Å². The van der Waals surface area contributed by atoms with Crippen LogP contribution in [0.2, 0.25) is 0 Å². The summed E-state index contributed by atoms with van der Waals surface area (Å²) in [6, 6.07) is 7.88. The lowest BCUT2D eigenvalue weighted by Crippen LogP contribution is -2.61. The number of hydrogen-bond acceptors (Lipinski definition) is 6. The molecule has 0 bridgehead atoms. The number of allylic oxidation sites excluding steroid dienone is 4. The van der Waals surface area contributed by atoms with E-state index in [0.29, 0.717) is 12.8 Å². The van der Waals surface area contributed by atoms with Gasteiger partial charge in [0.2, 0.25) is 0 Å². The van der Waals surface area contributed by atoms with Gasteiger partial charge in [0.05, 0.1) is 22.9 Å². The SMILES string of the molecule is Cn1c(SCC(=O)[C@@]2(O)CCC3C4CCC5=CC(=O)C=CC5(C)C4C(O)CC32C)nc2ccccc21. The van der Waals surface area contributed by atoms with Gasteiger partial charge in [-0.15, -0.1) is 0 Å². The van der Waals surface area contributed by atoms with Gasteiger partial charge in [-0.25, -0.2) is 4.98 Å². The Morgan fingerprint density at radius 1 is 1.25 bits per heavy atom. The van der Waals surface area contributed by atoms with E-state index in [2.05, 4.69) is 11.9 Å². The minimum absolute atomic E-state index is 0.00764. The summed E-state index contributed by atoms with van der Waals surface area (Å²) >= 11 is 1.37. The van der Waals surface area contributed by atoms with Crippen molar-refractivity contribution in [1.29, 1.82) is 0 Å². The number of aryl methyl sites for hydroxylation is 1. The number of benzene rings is 1. The minimum atomic E-state index is -1.46. The number of aliphatic hydroxyl groups excluding tert-OH is 1. The quantitative estimate of drug-likeness (QED) is 0.603. The number of thioether (sulfide) groups is 1. The fraction of sp³-hybridized carbons (Fsp3) is 0.552. The van der Waals surface area contributed by atoms with Gasteiger partial charge in [0.1, 0.15) is 5.60 Å². The summed E-state index contributed by atoms with van der Waals surface area (Å²) < 4.78 is 1.99. The zero-order valence-corrected chi connectivity index (χ0v) is 21.9. The monoisotopic (exact) mass is 506 g/mol. The number of fused-ring (bicyclic) bond motifs is 6. The van der Waals surface area contributed by atoms with E-state index in [1.165, 1.54) is 11.8 Å². The molecule has 2 N–H and O–H groups in total. The van der Waals surface area contributed by atoms with E-state index >= 15 is 0 Å². The van der Waals surface area contributed by atoms with E-state index in [0.717, 1.165) is 41.0 Å². The number of aliphatic hydroxyl groups is 2. The van der Waals surface area contributed by atoms with Crippen molar-refractivity contribution in [3.63, 3.8) is 0 Å². The second-order valence-corrected chi connectivity index (χ2v) is 12.7. The maximum Gasteiger partial charge on any atom is 0.178 e. The number of Topliss-reactive ketones (excluding diaryl/α,β-unsaturated/α-hetero) is 1. The topological polar surface area (TPSA) is 92.4 Å². The van der Waals surface area contributed by atoms with E-state index in [1.54, 1.807) is 12.2 Å². The highest BCUT2D eigenvalue weighted by molar-refractivity contribution is 7.99. The molecule has 0 spiro atoms. The van der Waals surface area contributed by atoms with E-state index in [-0.39, 0.29) is 40.5 Å². The first-order valence-corrected chi connectivity index (χ1v) is 14.0. The van der Waals surface area contributed by atoms with E-state index in [9.17, 15) is 19.8 Å². The second-order valence-electron chi connectivity index (χ2n) is 11.8. The fourth-order valence-electron chi connectivity index (χ4n) is 8.29. The van der Waals surface area contributed by atoms with Gasteiger partial charge in [-0.3, -0.25) is 9.59 Å². The molecule has 6 nitrogen and oxygen atoms in total. The number of hydrogen-bond donors (Lipinski definition) is 2. The lowest BCUT2D eigenvalue weighted by Gasteiger charge is -2.59. The normalized spacial score (nSPS) is 39.5. The molecular weight excluding hydrogens is 472 g/mol. The van der Waals surface area contributed by atoms with Gasteiger partial charge in [-0.05, 0) is 68.2 Å². The van der Waals surface area contributed by atoms with Gasteiger partial charge < -0.3 is 14.8 Å². The summed E-state index contributed by atoms with van der Waals surface area (Å²) in [4.78, 5) is 30.4. The van der Waals surface area contributed by atoms with Crippen LogP contribution < -0.4 is 0 Å². The Bertz CT molecular complexity index is 1330. The smallest absolute Gasteiger partial charge is 0.178 e. The number of ketones is 2. The summed E-state index contributed by atoms with van der Waals surface area (Å²) in [5, 5.41) is 24.3. The Labute approximate surface area is 215 Å². The van der Waals surface area contributed by atoms with Crippen LogP contribution in [0, 0.1) is 28.6 Å². The van der Waals surface area contributed by atoms with E-state index in [4.69, 9.17) is 0 Å². The third-order valence-electron chi connectivity index (χ3n) is 10.2. The van der Waals surface area contributed by atoms with Crippen LogP contribution in [0.25, 0.3) is 11.0 Å². The first-order chi connectivity index (χ1) is 17.1. The number of carbonyl (C=O) groups is 2. The van der Waals surface area contributed by atoms with E-state index < -0.39 is 17.1 Å². The van der Waals surface area contributed by atoms with Crippen molar-refractivity contribution in [2.45, 2.75) is 62.8 Å². The number of para-hydroxylation sites is 2. The van der Waals surface area contributed by atoms with Crippen LogP contribution in [0.1, 0.15) is 46.0 Å². The molecule has 3 saturated carbocycles. The number of rotatable bonds is 4. The number of imidazole rings is 1. The Kier molecular flexibility index (Phi) is 5.46. The molecule has 7 heteroatoms. The highest BCUT2D eigenvalue weighted by Gasteiger charge is 2.68. The zero-order valence-electron chi connectivity index (χ0n) is 21.1. The summed E-state index contributed by atoms with van der Waals surface area (Å²) in [6.07, 6.45) is 8.04. The van der Waals surface area contributed by atoms with Crippen molar-refractivity contribution in [2.75, 3.05) is 5.75 Å². The zero-order chi connectivity index (χ0) is 25.5. The van der Waals surface area contributed by atoms with Crippen molar-refractivity contribution < 1.29 is 19.8 Å². The molecular formula is C29H34N2O4S. The molecule has 0 saturated heterocycles. The van der Waals surface area contributed by atoms with Gasteiger partial charge in [-0.2, -0.15) is 0 Å². The van der Waals surface area contributed by atoms with Crippen LogP contribution in [-0.2, 0) is 16.6 Å². The van der Waals surface area contributed by atoms with Crippen LogP contribution in [0.3, 0.4) is 0 Å². The molecule has 6 rings (SSSR count). The molecule has 4 aliphatic rings. The van der Waals surface area contributed by atoms with Gasteiger partial charge in [0.25, 0.3) is 0 Å². The number of nitrogens with zero attached hydrogens (tertiary/aromatic N) is 2. The van der Waals surface area contributed by atoms with Crippen LogP contribution in [-0.4, -0.2) is 48.8 Å². The standard InChI is InChI=1S/C29H34N2O4S/c1-27-12-10-18(32)14-17(27)8-9-19-20-11-13-29(35,28(20,2)15-23(33)25(19)27)24(34)16-36-26-30-21-6-4-5-7-22(21)31(26)3/h4-7,10,12,14,19-20,23,25,33,35H,8-9,11,13,15-16H2,1-3H3/t19?,20?,23?,25?,27?,28?,29-/m0/s1. The molecule has 0 radical (unpaired) electrons. The first-order valence-electron chi connectivity index (χ1n) is 13.0. The summed E-state index contributed by atoms with van der Waals surface area (Å²) in [6.45, 7) is 4.17. The Balaban J connectivity index is 1.25. The molecule has 1 heterocycles. The highest BCUT2D eigenvalue weighted by Crippen LogP contribution is 2.67. The van der Waals surface area contributed by atoms with Crippen molar-refractivity contribution in [2.24, 2.45) is 35.6 Å². The van der Waals surface area contributed by atoms with Crippen molar-refractivity contribution in [1.82, 2.24) is 9.55 Å². The van der Waals surface area contributed by atoms with Crippen LogP contribution in [0.5, 0.6) is 0 Å². The summed E-state index contributed by atoms with van der Waals surface area (Å²) in [5.41, 5.74) is 0.527. The molecule has 1 aromatic carbocycles. The van der Waals surface area contributed by atoms with Gasteiger partial charge >= 0.3 is 0 Å². The molecule has 0 aliphatic heterocycles. The number of aromatic nitrogens is 2. The second kappa shape index (κ2) is 8.14. The van der Waals surface area contributed by atoms with E-state index in [1.807, 2.05) is 48.9 Å². The summed E-state index contributed by atoms with van der Waals surface area (Å²) in [7, 11) is 1.95. The van der Waals surface area contributed by atoms with Crippen molar-refractivity contribution >= 4 is 34.4 Å². The Morgan fingerprint density at radius 2 is 2.03 bits per heavy atom. The minimum Gasteiger partial charge on any atom is -0.393 e. The molecule has 190 valence electrons. The van der Waals surface area contributed by atoms with Crippen molar-refractivity contribution in [3.8, 4) is 0 Å². The van der Waals surface area contributed by atoms with Crippen LogP contribution in [0.4, 0.5) is 0 Å². The predicted octanol–water partition coefficient (Wildman–Crippen LogP) is 4.24. The maximum absolute atomic E-state index is 13.7. The maximum atomic E-state index is 13.7. The van der Waals surface area contributed by atoms with Crippen LogP contribution in [0.15, 0.2) is 53.2 Å². The van der Waals surface area contributed by atoms with Crippen LogP contribution >= 0.6 is 11.8 Å². The van der Waals surface area contributed by atoms with Gasteiger partial charge in [0.15, 0.2) is 16.7 Å². The molecule has 0 amide bonds. The molecule has 36 heavy (non-hydrogen) atoms. The number of carbonyl (C=O) groups excluding carboxylic acids is 2. The molecule has 3 fully saturated rings. The predicted molar refractivity (Wildman–Crippen MR) is 139 cm³/mol. The van der Waals surface area contributed by atoms with Gasteiger partial charge in [0, 0.05) is 23.8 Å². The average molecular weight is 507 g/mol. The highest BCUT2D eigenvalue weighted by atomic mass is 32.2. The average Bonchev–Trinajstić information content (AvgIpc) is 3.31. The third kappa shape index (κ3) is 3.21. The largest absolute Gasteiger partial charge is 0.393 e. The molecule has 6 unspecified atom stereocenters. The lowest BCUT2D eigenvalue weighted by molar-refractivity contribution is -0.174. The Morgan fingerprint density at radius 3 is 2.81 bits per heavy atom. The Hall–Kier alpha value is -2.22. The molecule has 1 aromatic heterocycles. The van der Waals surface area contributed by atoms with Crippen molar-refractivity contribution in [3.05, 3.63) is 48.1 Å². The summed E-state index contributed by atoms with van der Waals surface area (Å²) in [5.74, 6) is 0.358. The molecule has 4 aliphatic carbocycles. The molecule has 7 atom stereocenters. The third-order valence-corrected chi connectivity index (χ3v) is 11.2. The molecule has 2 aromatic rings. The first kappa shape index (κ1) is 24.1. The fourth-order valence-corrected chi connectivity index (χ4v) is 9.24.